The first-order valence-corrected chi connectivity index (χ1v) is 7.47. The molecule has 0 bridgehead atoms. The topological polar surface area (TPSA) is 51.3 Å². The van der Waals surface area contributed by atoms with E-state index < -0.39 is 0 Å². The molecule has 0 saturated heterocycles. The molecule has 1 heterocycles. The lowest BCUT2D eigenvalue weighted by Gasteiger charge is -2.24. The summed E-state index contributed by atoms with van der Waals surface area (Å²) in [6.45, 7) is 5.12. The number of fused-ring (bicyclic) bond motifs is 1. The molecule has 1 aromatic heterocycles. The first-order chi connectivity index (χ1) is 9.91. The molecule has 0 aliphatic rings. The van der Waals surface area contributed by atoms with E-state index in [1.807, 2.05) is 32.3 Å². The van der Waals surface area contributed by atoms with Gasteiger partial charge in [0.05, 0.1) is 11.2 Å². The van der Waals surface area contributed by atoms with Crippen LogP contribution in [0.3, 0.4) is 0 Å². The van der Waals surface area contributed by atoms with E-state index in [1.165, 1.54) is 0 Å². The third-order valence-corrected chi connectivity index (χ3v) is 4.20. The highest BCUT2D eigenvalue weighted by molar-refractivity contribution is 5.91. The Bertz CT molecular complexity index is 675. The second-order valence-corrected chi connectivity index (χ2v) is 6.06. The largest absolute Gasteiger partial charge is 0.374 e. The summed E-state index contributed by atoms with van der Waals surface area (Å²) < 4.78 is 1.69. The zero-order valence-corrected chi connectivity index (χ0v) is 13.3. The summed E-state index contributed by atoms with van der Waals surface area (Å²) in [7, 11) is 3.83. The van der Waals surface area contributed by atoms with Crippen molar-refractivity contribution >= 4 is 16.6 Å². The van der Waals surface area contributed by atoms with Crippen molar-refractivity contribution < 1.29 is 0 Å². The fourth-order valence-corrected chi connectivity index (χ4v) is 2.51. The minimum absolute atomic E-state index is 0.0173. The second kappa shape index (κ2) is 6.31. The standard InChI is InChI=1S/C17H25N3O/c1-12(2)14(18)9-10-19(3)16-11-17(21)20(4)15-8-6-5-7-13(15)16/h5-8,11-12,14H,9-10,18H2,1-4H3. The van der Waals surface area contributed by atoms with Crippen molar-refractivity contribution in [3.63, 3.8) is 0 Å². The summed E-state index contributed by atoms with van der Waals surface area (Å²) in [5.41, 5.74) is 8.07. The number of nitrogens with zero attached hydrogens (tertiary/aromatic N) is 2. The van der Waals surface area contributed by atoms with Gasteiger partial charge in [0.2, 0.25) is 0 Å². The van der Waals surface area contributed by atoms with Crippen molar-refractivity contribution in [3.8, 4) is 0 Å². The third-order valence-electron chi connectivity index (χ3n) is 4.20. The number of hydrogen-bond acceptors (Lipinski definition) is 3. The van der Waals surface area contributed by atoms with Gasteiger partial charge in [-0.25, -0.2) is 0 Å². The molecule has 1 atom stereocenters. The zero-order valence-electron chi connectivity index (χ0n) is 13.3. The number of benzene rings is 1. The van der Waals surface area contributed by atoms with E-state index in [1.54, 1.807) is 10.6 Å². The van der Waals surface area contributed by atoms with E-state index in [4.69, 9.17) is 5.73 Å². The van der Waals surface area contributed by atoms with Crippen molar-refractivity contribution in [1.29, 1.82) is 0 Å². The Hall–Kier alpha value is -1.81. The molecular formula is C17H25N3O. The number of hydrogen-bond donors (Lipinski definition) is 1. The third kappa shape index (κ3) is 3.27. The van der Waals surface area contributed by atoms with Crippen molar-refractivity contribution in [2.75, 3.05) is 18.5 Å². The van der Waals surface area contributed by atoms with Gasteiger partial charge in [0.1, 0.15) is 0 Å². The molecule has 1 aromatic carbocycles. The van der Waals surface area contributed by atoms with Crippen LogP contribution in [0.4, 0.5) is 5.69 Å². The van der Waals surface area contributed by atoms with Gasteiger partial charge in [-0.1, -0.05) is 32.0 Å². The number of pyridine rings is 1. The molecular weight excluding hydrogens is 262 g/mol. The second-order valence-electron chi connectivity index (χ2n) is 6.06. The first kappa shape index (κ1) is 15.6. The fourth-order valence-electron chi connectivity index (χ4n) is 2.51. The van der Waals surface area contributed by atoms with Gasteiger partial charge in [0, 0.05) is 38.1 Å². The molecule has 4 nitrogen and oxygen atoms in total. The van der Waals surface area contributed by atoms with Crippen LogP contribution in [0.15, 0.2) is 35.1 Å². The van der Waals surface area contributed by atoms with Gasteiger partial charge in [-0.3, -0.25) is 4.79 Å². The summed E-state index contributed by atoms with van der Waals surface area (Å²) in [5.74, 6) is 0.471. The van der Waals surface area contributed by atoms with Crippen LogP contribution in [0, 0.1) is 5.92 Å². The van der Waals surface area contributed by atoms with Crippen LogP contribution >= 0.6 is 0 Å². The highest BCUT2D eigenvalue weighted by atomic mass is 16.1. The monoisotopic (exact) mass is 287 g/mol. The lowest BCUT2D eigenvalue weighted by molar-refractivity contribution is 0.466. The van der Waals surface area contributed by atoms with Gasteiger partial charge in [0.15, 0.2) is 0 Å². The van der Waals surface area contributed by atoms with E-state index in [0.29, 0.717) is 5.92 Å². The summed E-state index contributed by atoms with van der Waals surface area (Å²) in [6, 6.07) is 9.90. The lowest BCUT2D eigenvalue weighted by atomic mass is 10.0. The molecule has 0 fully saturated rings. The highest BCUT2D eigenvalue weighted by Gasteiger charge is 2.12. The van der Waals surface area contributed by atoms with Gasteiger partial charge in [0.25, 0.3) is 5.56 Å². The van der Waals surface area contributed by atoms with Crippen LogP contribution < -0.4 is 16.2 Å². The summed E-state index contributed by atoms with van der Waals surface area (Å²) >= 11 is 0. The van der Waals surface area contributed by atoms with Gasteiger partial charge in [-0.05, 0) is 18.4 Å². The Morgan fingerprint density at radius 1 is 1.29 bits per heavy atom. The molecule has 2 rings (SSSR count). The van der Waals surface area contributed by atoms with Crippen molar-refractivity contribution in [2.24, 2.45) is 18.7 Å². The molecule has 21 heavy (non-hydrogen) atoms. The fraction of sp³-hybridized carbons (Fsp3) is 0.471. The molecule has 2 N–H and O–H groups in total. The van der Waals surface area contributed by atoms with Crippen LogP contribution in [-0.4, -0.2) is 24.2 Å². The predicted molar refractivity (Wildman–Crippen MR) is 89.9 cm³/mol. The molecule has 2 aromatic rings. The molecule has 1 unspecified atom stereocenters. The average Bonchev–Trinajstić information content (AvgIpc) is 2.48. The molecule has 114 valence electrons. The molecule has 0 radical (unpaired) electrons. The normalized spacial score (nSPS) is 12.9. The maximum Gasteiger partial charge on any atom is 0.252 e. The smallest absolute Gasteiger partial charge is 0.252 e. The van der Waals surface area contributed by atoms with Crippen molar-refractivity contribution in [1.82, 2.24) is 4.57 Å². The quantitative estimate of drug-likeness (QED) is 0.918. The molecule has 0 aliphatic heterocycles. The number of anilines is 1. The zero-order chi connectivity index (χ0) is 15.6. The van der Waals surface area contributed by atoms with Crippen LogP contribution in [-0.2, 0) is 7.05 Å². The minimum Gasteiger partial charge on any atom is -0.374 e. The van der Waals surface area contributed by atoms with Crippen molar-refractivity contribution in [2.45, 2.75) is 26.3 Å². The Kier molecular flexibility index (Phi) is 4.68. The van der Waals surface area contributed by atoms with Crippen LogP contribution in [0.1, 0.15) is 20.3 Å². The number of aromatic nitrogens is 1. The molecule has 0 spiro atoms. The molecule has 0 aliphatic carbocycles. The van der Waals surface area contributed by atoms with E-state index in [0.717, 1.165) is 29.6 Å². The molecule has 0 saturated carbocycles. The number of para-hydroxylation sites is 1. The highest BCUT2D eigenvalue weighted by Crippen LogP contribution is 2.24. The lowest BCUT2D eigenvalue weighted by Crippen LogP contribution is -2.32. The maximum absolute atomic E-state index is 12.1. The Morgan fingerprint density at radius 3 is 2.62 bits per heavy atom. The average molecular weight is 287 g/mol. The summed E-state index contributed by atoms with van der Waals surface area (Å²) in [6.07, 6.45) is 0.914. The minimum atomic E-state index is 0.0173. The Labute approximate surface area is 126 Å². The van der Waals surface area contributed by atoms with E-state index >= 15 is 0 Å². The summed E-state index contributed by atoms with van der Waals surface area (Å²) in [5, 5.41) is 1.10. The molecule has 0 amide bonds. The number of rotatable bonds is 5. The van der Waals surface area contributed by atoms with Crippen LogP contribution in [0.5, 0.6) is 0 Å². The van der Waals surface area contributed by atoms with Crippen LogP contribution in [0.25, 0.3) is 10.9 Å². The van der Waals surface area contributed by atoms with Gasteiger partial charge in [-0.2, -0.15) is 0 Å². The SMILES string of the molecule is CC(C)C(N)CCN(C)c1cc(=O)n(C)c2ccccc12. The van der Waals surface area contributed by atoms with Crippen molar-refractivity contribution in [3.05, 3.63) is 40.7 Å². The van der Waals surface area contributed by atoms with Crippen LogP contribution in [0.2, 0.25) is 0 Å². The Balaban J connectivity index is 2.33. The number of aryl methyl sites for hydroxylation is 1. The summed E-state index contributed by atoms with van der Waals surface area (Å²) in [4.78, 5) is 14.2. The number of nitrogens with two attached hydrogens (primary N) is 1. The van der Waals surface area contributed by atoms with E-state index in [-0.39, 0.29) is 11.6 Å². The maximum atomic E-state index is 12.1. The Morgan fingerprint density at radius 2 is 1.95 bits per heavy atom. The van der Waals surface area contributed by atoms with E-state index in [9.17, 15) is 4.79 Å². The van der Waals surface area contributed by atoms with Gasteiger partial charge < -0.3 is 15.2 Å². The van der Waals surface area contributed by atoms with Gasteiger partial charge >= 0.3 is 0 Å². The first-order valence-electron chi connectivity index (χ1n) is 7.47. The predicted octanol–water partition coefficient (Wildman–Crippen LogP) is 2.35. The van der Waals surface area contributed by atoms with E-state index in [2.05, 4.69) is 24.8 Å². The van der Waals surface area contributed by atoms with Gasteiger partial charge in [-0.15, -0.1) is 0 Å². The molecule has 4 heteroatoms.